The quantitative estimate of drug-likeness (QED) is 0.797. The number of carbonyl (C=O) groups excluding carboxylic acids is 2. The summed E-state index contributed by atoms with van der Waals surface area (Å²) in [5.74, 6) is 0.183. The van der Waals surface area contributed by atoms with Crippen LogP contribution in [0.3, 0.4) is 0 Å². The Hall–Kier alpha value is -2.74. The fraction of sp³-hybridized carbons (Fsp3) is 0.565. The summed E-state index contributed by atoms with van der Waals surface area (Å²) in [7, 11) is 0. The summed E-state index contributed by atoms with van der Waals surface area (Å²) in [5.41, 5.74) is 3.09. The van der Waals surface area contributed by atoms with Crippen LogP contribution in [0.25, 0.3) is 0 Å². The van der Waals surface area contributed by atoms with Crippen LogP contribution in [0.4, 0.5) is 0 Å². The van der Waals surface area contributed by atoms with Crippen LogP contribution in [-0.2, 0) is 29.1 Å². The number of rotatable bonds is 5. The van der Waals surface area contributed by atoms with E-state index in [1.807, 2.05) is 34.9 Å². The smallest absolute Gasteiger partial charge is 0.274 e. The zero-order chi connectivity index (χ0) is 21.4. The fourth-order valence-corrected chi connectivity index (χ4v) is 4.55. The number of H-pyrrole nitrogens is 1. The summed E-state index contributed by atoms with van der Waals surface area (Å²) in [4.78, 5) is 34.0. The molecule has 0 radical (unpaired) electrons. The Bertz CT molecular complexity index is 969. The molecule has 31 heavy (non-hydrogen) atoms. The predicted molar refractivity (Wildman–Crippen MR) is 113 cm³/mol. The van der Waals surface area contributed by atoms with E-state index in [0.29, 0.717) is 44.9 Å². The SMILES string of the molecule is CC1(C(=O)N2CCc3c(C(=O)N4CCCC(OCc5ccccn5)C4)n[nH]c3C2)CC1. The molecule has 8 nitrogen and oxygen atoms in total. The molecule has 2 aromatic heterocycles. The van der Waals surface area contributed by atoms with Crippen LogP contribution in [0.2, 0.25) is 0 Å². The molecule has 0 spiro atoms. The lowest BCUT2D eigenvalue weighted by molar-refractivity contribution is -0.137. The minimum absolute atomic E-state index is 0.00173. The number of nitrogens with one attached hydrogen (secondary N) is 1. The number of likely N-dealkylation sites (tertiary alicyclic amines) is 1. The third kappa shape index (κ3) is 4.08. The first kappa shape index (κ1) is 20.2. The Morgan fingerprint density at radius 3 is 2.90 bits per heavy atom. The van der Waals surface area contributed by atoms with Gasteiger partial charge >= 0.3 is 0 Å². The van der Waals surface area contributed by atoms with Gasteiger partial charge in [0.25, 0.3) is 5.91 Å². The number of hydrogen-bond acceptors (Lipinski definition) is 5. The molecule has 8 heteroatoms. The topological polar surface area (TPSA) is 91.4 Å². The molecule has 164 valence electrons. The molecule has 2 amide bonds. The summed E-state index contributed by atoms with van der Waals surface area (Å²) in [5, 5.41) is 7.39. The zero-order valence-corrected chi connectivity index (χ0v) is 18.0. The number of aromatic amines is 1. The monoisotopic (exact) mass is 423 g/mol. The first-order valence-corrected chi connectivity index (χ1v) is 11.2. The van der Waals surface area contributed by atoms with E-state index in [2.05, 4.69) is 15.2 Å². The highest BCUT2D eigenvalue weighted by molar-refractivity contribution is 5.94. The molecule has 5 rings (SSSR count). The molecule has 0 aromatic carbocycles. The summed E-state index contributed by atoms with van der Waals surface area (Å²) in [6.07, 6.45) is 6.22. The Morgan fingerprint density at radius 1 is 1.26 bits per heavy atom. The van der Waals surface area contributed by atoms with Gasteiger partial charge in [-0.2, -0.15) is 5.10 Å². The van der Waals surface area contributed by atoms with E-state index in [4.69, 9.17) is 4.74 Å². The maximum absolute atomic E-state index is 13.2. The highest BCUT2D eigenvalue weighted by atomic mass is 16.5. The van der Waals surface area contributed by atoms with Crippen molar-refractivity contribution in [3.8, 4) is 0 Å². The van der Waals surface area contributed by atoms with Gasteiger partial charge < -0.3 is 14.5 Å². The van der Waals surface area contributed by atoms with Crippen LogP contribution < -0.4 is 0 Å². The number of piperidine rings is 1. The second kappa shape index (κ2) is 8.07. The van der Waals surface area contributed by atoms with Gasteiger partial charge in [0.15, 0.2) is 5.69 Å². The summed E-state index contributed by atoms with van der Waals surface area (Å²) < 4.78 is 6.03. The number of carbonyl (C=O) groups is 2. The Morgan fingerprint density at radius 2 is 2.13 bits per heavy atom. The highest BCUT2D eigenvalue weighted by Crippen LogP contribution is 2.47. The van der Waals surface area contributed by atoms with E-state index in [1.165, 1.54) is 0 Å². The molecule has 1 N–H and O–H groups in total. The van der Waals surface area contributed by atoms with Crippen molar-refractivity contribution in [2.75, 3.05) is 19.6 Å². The maximum Gasteiger partial charge on any atom is 0.274 e. The van der Waals surface area contributed by atoms with E-state index in [0.717, 1.165) is 42.6 Å². The first-order valence-electron chi connectivity index (χ1n) is 11.2. The van der Waals surface area contributed by atoms with Gasteiger partial charge in [0.05, 0.1) is 30.6 Å². The van der Waals surface area contributed by atoms with Gasteiger partial charge in [-0.15, -0.1) is 0 Å². The molecule has 2 aromatic rings. The largest absolute Gasteiger partial charge is 0.370 e. The molecule has 2 aliphatic heterocycles. The highest BCUT2D eigenvalue weighted by Gasteiger charge is 2.47. The number of nitrogens with zero attached hydrogens (tertiary/aromatic N) is 4. The maximum atomic E-state index is 13.2. The van der Waals surface area contributed by atoms with Crippen molar-refractivity contribution in [2.45, 2.75) is 58.3 Å². The molecule has 1 saturated heterocycles. The average Bonchev–Trinajstić information content (AvgIpc) is 3.42. The van der Waals surface area contributed by atoms with Gasteiger partial charge in [-0.1, -0.05) is 13.0 Å². The van der Waals surface area contributed by atoms with Crippen molar-refractivity contribution in [1.29, 1.82) is 0 Å². The van der Waals surface area contributed by atoms with Gasteiger partial charge in [-0.05, 0) is 44.2 Å². The zero-order valence-electron chi connectivity index (χ0n) is 18.0. The fourth-order valence-electron chi connectivity index (χ4n) is 4.55. The lowest BCUT2D eigenvalue weighted by atomic mass is 10.0. The third-order valence-corrected chi connectivity index (χ3v) is 6.80. The van der Waals surface area contributed by atoms with Gasteiger partial charge in [0.1, 0.15) is 0 Å². The Balaban J connectivity index is 1.22. The van der Waals surface area contributed by atoms with E-state index in [9.17, 15) is 9.59 Å². The average molecular weight is 424 g/mol. The summed E-state index contributed by atoms with van der Waals surface area (Å²) in [6, 6.07) is 5.78. The minimum atomic E-state index is -0.172. The predicted octanol–water partition coefficient (Wildman–Crippen LogP) is 2.31. The van der Waals surface area contributed by atoms with Crippen molar-refractivity contribution in [3.63, 3.8) is 0 Å². The number of hydrogen-bond donors (Lipinski definition) is 1. The number of aromatic nitrogens is 3. The van der Waals surface area contributed by atoms with Gasteiger partial charge in [-0.3, -0.25) is 19.7 Å². The second-order valence-corrected chi connectivity index (χ2v) is 9.21. The van der Waals surface area contributed by atoms with Crippen molar-refractivity contribution in [3.05, 3.63) is 47.0 Å². The first-order chi connectivity index (χ1) is 15.0. The lowest BCUT2D eigenvalue weighted by Crippen LogP contribution is -2.44. The van der Waals surface area contributed by atoms with E-state index in [1.54, 1.807) is 6.20 Å². The second-order valence-electron chi connectivity index (χ2n) is 9.21. The van der Waals surface area contributed by atoms with E-state index in [-0.39, 0.29) is 23.3 Å². The van der Waals surface area contributed by atoms with Crippen molar-refractivity contribution < 1.29 is 14.3 Å². The van der Waals surface area contributed by atoms with Crippen LogP contribution in [0.5, 0.6) is 0 Å². The van der Waals surface area contributed by atoms with E-state index < -0.39 is 0 Å². The van der Waals surface area contributed by atoms with Crippen molar-refractivity contribution >= 4 is 11.8 Å². The Labute approximate surface area is 182 Å². The molecular formula is C23H29N5O3. The van der Waals surface area contributed by atoms with Crippen LogP contribution in [0.15, 0.2) is 24.4 Å². The molecule has 1 saturated carbocycles. The molecule has 1 atom stereocenters. The van der Waals surface area contributed by atoms with Gasteiger partial charge in [-0.25, -0.2) is 0 Å². The van der Waals surface area contributed by atoms with Crippen LogP contribution in [0, 0.1) is 5.41 Å². The number of fused-ring (bicyclic) bond motifs is 1. The molecular weight excluding hydrogens is 394 g/mol. The van der Waals surface area contributed by atoms with Crippen LogP contribution >= 0.6 is 0 Å². The molecule has 3 aliphatic rings. The number of amides is 2. The summed E-state index contributed by atoms with van der Waals surface area (Å²) in [6.45, 7) is 4.93. The normalized spacial score (nSPS) is 22.2. The Kier molecular flexibility index (Phi) is 5.25. The minimum Gasteiger partial charge on any atom is -0.370 e. The number of pyridine rings is 1. The standard InChI is InChI=1S/C23H29N5O3/c1-23(8-9-23)22(30)28-12-7-18-19(14-28)25-26-20(18)21(29)27-11-4-6-17(13-27)31-15-16-5-2-3-10-24-16/h2-3,5,10,17H,4,6-9,11-15H2,1H3,(H,25,26). The van der Waals surface area contributed by atoms with Crippen LogP contribution in [-0.4, -0.2) is 62.5 Å². The van der Waals surface area contributed by atoms with Crippen LogP contribution in [0.1, 0.15) is 60.0 Å². The molecule has 2 fully saturated rings. The molecule has 1 unspecified atom stereocenters. The number of ether oxygens (including phenoxy) is 1. The van der Waals surface area contributed by atoms with E-state index >= 15 is 0 Å². The lowest BCUT2D eigenvalue weighted by Gasteiger charge is -2.33. The molecule has 1 aliphatic carbocycles. The van der Waals surface area contributed by atoms with Crippen molar-refractivity contribution in [1.82, 2.24) is 25.0 Å². The van der Waals surface area contributed by atoms with Gasteiger partial charge in [0, 0.05) is 36.8 Å². The molecule has 4 heterocycles. The molecule has 0 bridgehead atoms. The van der Waals surface area contributed by atoms with Gasteiger partial charge in [0.2, 0.25) is 5.91 Å². The third-order valence-electron chi connectivity index (χ3n) is 6.80. The van der Waals surface area contributed by atoms with Crippen molar-refractivity contribution in [2.24, 2.45) is 5.41 Å². The summed E-state index contributed by atoms with van der Waals surface area (Å²) >= 11 is 0.